The van der Waals surface area contributed by atoms with E-state index in [-0.39, 0.29) is 18.7 Å². The number of carbonyl (C=O) groups excluding carboxylic acids is 4. The van der Waals surface area contributed by atoms with Gasteiger partial charge in [0.2, 0.25) is 11.8 Å². The number of piperidine rings is 1. The molecule has 1 fully saturated rings. The molecule has 1 unspecified atom stereocenters. The summed E-state index contributed by atoms with van der Waals surface area (Å²) < 4.78 is 0. The van der Waals surface area contributed by atoms with Crippen molar-refractivity contribution in [3.63, 3.8) is 0 Å². The molecule has 1 saturated heterocycles. The lowest BCUT2D eigenvalue weighted by Crippen LogP contribution is -2.54. The zero-order chi connectivity index (χ0) is 15.1. The van der Waals surface area contributed by atoms with E-state index in [1.165, 1.54) is 0 Å². The van der Waals surface area contributed by atoms with Crippen LogP contribution < -0.4 is 5.32 Å². The Balaban J connectivity index is 1.96. The molecule has 0 bridgehead atoms. The highest BCUT2D eigenvalue weighted by atomic mass is 79.9. The minimum absolute atomic E-state index is 0.121. The van der Waals surface area contributed by atoms with Crippen LogP contribution in [0.3, 0.4) is 0 Å². The van der Waals surface area contributed by atoms with Crippen molar-refractivity contribution in [1.29, 1.82) is 0 Å². The normalized spacial score (nSPS) is 21.6. The number of rotatable bonds is 2. The molecule has 3 rings (SSSR count). The molecule has 6 nitrogen and oxygen atoms in total. The number of carbonyl (C=O) groups is 4. The molecule has 7 heteroatoms. The van der Waals surface area contributed by atoms with E-state index >= 15 is 0 Å². The Hall–Kier alpha value is -2.02. The lowest BCUT2D eigenvalue weighted by molar-refractivity contribution is -0.136. The third kappa shape index (κ3) is 2.17. The van der Waals surface area contributed by atoms with Crippen molar-refractivity contribution in [2.45, 2.75) is 24.2 Å². The molecule has 0 aliphatic carbocycles. The number of fused-ring (bicyclic) bond motifs is 1. The zero-order valence-electron chi connectivity index (χ0n) is 10.9. The topological polar surface area (TPSA) is 83.6 Å². The fourth-order valence-electron chi connectivity index (χ4n) is 2.60. The third-order valence-corrected chi connectivity index (χ3v) is 4.31. The number of nitrogens with one attached hydrogen (secondary N) is 1. The fraction of sp³-hybridized carbons (Fsp3) is 0.286. The first-order chi connectivity index (χ1) is 10.0. The molecule has 1 N–H and O–H groups in total. The van der Waals surface area contributed by atoms with Gasteiger partial charge >= 0.3 is 0 Å². The molecule has 0 saturated carbocycles. The van der Waals surface area contributed by atoms with Crippen molar-refractivity contribution in [2.24, 2.45) is 0 Å². The van der Waals surface area contributed by atoms with Crippen LogP contribution in [0.25, 0.3) is 0 Å². The monoisotopic (exact) mass is 350 g/mol. The van der Waals surface area contributed by atoms with Gasteiger partial charge in [0.15, 0.2) is 0 Å². The molecule has 1 atom stereocenters. The van der Waals surface area contributed by atoms with Gasteiger partial charge in [-0.15, -0.1) is 0 Å². The number of hydrogen-bond acceptors (Lipinski definition) is 4. The van der Waals surface area contributed by atoms with E-state index in [9.17, 15) is 19.2 Å². The van der Waals surface area contributed by atoms with Crippen LogP contribution in [0.5, 0.6) is 0 Å². The largest absolute Gasteiger partial charge is 0.295 e. The summed E-state index contributed by atoms with van der Waals surface area (Å²) in [5.41, 5.74) is 1.48. The summed E-state index contributed by atoms with van der Waals surface area (Å²) in [7, 11) is 0. The molecule has 0 aromatic heterocycles. The molecule has 108 valence electrons. The predicted molar refractivity (Wildman–Crippen MR) is 75.7 cm³/mol. The number of hydrogen-bond donors (Lipinski definition) is 1. The molecule has 1 aromatic carbocycles. The number of alkyl halides is 1. The number of halogens is 1. The number of amides is 4. The Morgan fingerprint density at radius 1 is 1.14 bits per heavy atom. The second-order valence-electron chi connectivity index (χ2n) is 4.96. The third-order valence-electron chi connectivity index (χ3n) is 3.66. The van der Waals surface area contributed by atoms with Gasteiger partial charge in [-0.3, -0.25) is 29.4 Å². The molecule has 0 spiro atoms. The van der Waals surface area contributed by atoms with Gasteiger partial charge in [0.1, 0.15) is 6.04 Å². The maximum Gasteiger partial charge on any atom is 0.262 e. The Morgan fingerprint density at radius 2 is 1.86 bits per heavy atom. The summed E-state index contributed by atoms with van der Waals surface area (Å²) >= 11 is 3.30. The van der Waals surface area contributed by atoms with E-state index in [0.29, 0.717) is 16.5 Å². The van der Waals surface area contributed by atoms with Crippen LogP contribution in [0.15, 0.2) is 18.2 Å². The first-order valence-corrected chi connectivity index (χ1v) is 7.55. The second kappa shape index (κ2) is 5.07. The Kier molecular flexibility index (Phi) is 3.36. The standard InChI is InChI=1S/C14H11BrN2O4/c15-6-7-1-2-8-9(5-7)14(21)17(13(8)20)10-3-4-11(18)16-12(10)19/h1-2,5,10H,3-4,6H2,(H,16,18,19). The fourth-order valence-corrected chi connectivity index (χ4v) is 2.95. The van der Waals surface area contributed by atoms with E-state index in [1.54, 1.807) is 18.2 Å². The maximum absolute atomic E-state index is 12.4. The zero-order valence-corrected chi connectivity index (χ0v) is 12.5. The van der Waals surface area contributed by atoms with E-state index in [1.807, 2.05) is 0 Å². The molecule has 2 aliphatic heterocycles. The summed E-state index contributed by atoms with van der Waals surface area (Å²) in [4.78, 5) is 48.8. The van der Waals surface area contributed by atoms with Gasteiger partial charge in [0.25, 0.3) is 11.8 Å². The SMILES string of the molecule is O=C1CCC(N2C(=O)c3ccc(CBr)cc3C2=O)C(=O)N1. The number of imide groups is 2. The minimum atomic E-state index is -0.914. The van der Waals surface area contributed by atoms with E-state index < -0.39 is 23.8 Å². The molecule has 0 radical (unpaired) electrons. The second-order valence-corrected chi connectivity index (χ2v) is 5.52. The number of benzene rings is 1. The molecule has 1 aromatic rings. The molecule has 2 aliphatic rings. The smallest absolute Gasteiger partial charge is 0.262 e. The lowest BCUT2D eigenvalue weighted by Gasteiger charge is -2.27. The van der Waals surface area contributed by atoms with Gasteiger partial charge in [0.05, 0.1) is 11.1 Å². The van der Waals surface area contributed by atoms with Crippen molar-refractivity contribution in [2.75, 3.05) is 0 Å². The average molecular weight is 351 g/mol. The van der Waals surface area contributed by atoms with Crippen LogP contribution >= 0.6 is 15.9 Å². The summed E-state index contributed by atoms with van der Waals surface area (Å²) in [6.07, 6.45) is 0.290. The van der Waals surface area contributed by atoms with Crippen LogP contribution in [0.1, 0.15) is 39.1 Å². The summed E-state index contributed by atoms with van der Waals surface area (Å²) in [5.74, 6) is -1.94. The first kappa shape index (κ1) is 13.9. The van der Waals surface area contributed by atoms with Crippen molar-refractivity contribution in [3.05, 3.63) is 34.9 Å². The Labute approximate surface area is 128 Å². The van der Waals surface area contributed by atoms with Gasteiger partial charge in [-0.25, -0.2) is 0 Å². The van der Waals surface area contributed by atoms with E-state index in [2.05, 4.69) is 21.2 Å². The molecule has 4 amide bonds. The Bertz CT molecular complexity index is 686. The van der Waals surface area contributed by atoms with Gasteiger partial charge in [0, 0.05) is 11.8 Å². The number of nitrogens with zero attached hydrogens (tertiary/aromatic N) is 1. The van der Waals surface area contributed by atoms with Gasteiger partial charge < -0.3 is 0 Å². The van der Waals surface area contributed by atoms with Crippen LogP contribution in [-0.4, -0.2) is 34.6 Å². The van der Waals surface area contributed by atoms with Gasteiger partial charge in [-0.2, -0.15) is 0 Å². The predicted octanol–water partition coefficient (Wildman–Crippen LogP) is 0.983. The maximum atomic E-state index is 12.4. The van der Waals surface area contributed by atoms with Crippen LogP contribution in [-0.2, 0) is 14.9 Å². The molecule has 2 heterocycles. The van der Waals surface area contributed by atoms with Crippen molar-refractivity contribution in [3.8, 4) is 0 Å². The minimum Gasteiger partial charge on any atom is -0.295 e. The quantitative estimate of drug-likeness (QED) is 0.636. The van der Waals surface area contributed by atoms with Crippen molar-refractivity contribution in [1.82, 2.24) is 10.2 Å². The lowest BCUT2D eigenvalue weighted by atomic mass is 10.0. The first-order valence-electron chi connectivity index (χ1n) is 6.43. The van der Waals surface area contributed by atoms with Gasteiger partial charge in [-0.05, 0) is 24.1 Å². The molecule has 21 heavy (non-hydrogen) atoms. The Morgan fingerprint density at radius 3 is 2.52 bits per heavy atom. The van der Waals surface area contributed by atoms with Crippen LogP contribution in [0.4, 0.5) is 0 Å². The van der Waals surface area contributed by atoms with E-state index in [4.69, 9.17) is 0 Å². The molecular formula is C14H11BrN2O4. The highest BCUT2D eigenvalue weighted by Gasteiger charge is 2.44. The average Bonchev–Trinajstić information content (AvgIpc) is 2.71. The van der Waals surface area contributed by atoms with Crippen molar-refractivity contribution < 1.29 is 19.2 Å². The van der Waals surface area contributed by atoms with Crippen molar-refractivity contribution >= 4 is 39.6 Å². The van der Waals surface area contributed by atoms with E-state index in [0.717, 1.165) is 10.5 Å². The summed E-state index contributed by atoms with van der Waals surface area (Å²) in [6.45, 7) is 0. The summed E-state index contributed by atoms with van der Waals surface area (Å²) in [5, 5.41) is 2.73. The van der Waals surface area contributed by atoms with Gasteiger partial charge in [-0.1, -0.05) is 22.0 Å². The highest BCUT2D eigenvalue weighted by Crippen LogP contribution is 2.28. The highest BCUT2D eigenvalue weighted by molar-refractivity contribution is 9.08. The van der Waals surface area contributed by atoms with Crippen LogP contribution in [0.2, 0.25) is 0 Å². The summed E-state index contributed by atoms with van der Waals surface area (Å²) in [6, 6.07) is 4.09. The molecular weight excluding hydrogens is 340 g/mol. The van der Waals surface area contributed by atoms with Crippen LogP contribution in [0, 0.1) is 0 Å².